The third-order valence-corrected chi connectivity index (χ3v) is 4.58. The second-order valence-corrected chi connectivity index (χ2v) is 5.67. The van der Waals surface area contributed by atoms with Crippen LogP contribution in [0.3, 0.4) is 0 Å². The van der Waals surface area contributed by atoms with Crippen molar-refractivity contribution in [3.8, 4) is 0 Å². The molecule has 0 aliphatic carbocycles. The Labute approximate surface area is 103 Å². The minimum atomic E-state index is -0.948. The zero-order valence-electron chi connectivity index (χ0n) is 9.03. The predicted molar refractivity (Wildman–Crippen MR) is 67.3 cm³/mol. The molecule has 1 rings (SSSR count). The van der Waals surface area contributed by atoms with E-state index in [9.17, 15) is 10.2 Å². The van der Waals surface area contributed by atoms with E-state index in [1.165, 1.54) is 0 Å². The first kappa shape index (κ1) is 13.2. The van der Waals surface area contributed by atoms with Crippen LogP contribution in [0.1, 0.15) is 31.6 Å². The van der Waals surface area contributed by atoms with Crippen LogP contribution in [0, 0.1) is 0 Å². The van der Waals surface area contributed by atoms with E-state index in [2.05, 4.69) is 15.9 Å². The molecule has 15 heavy (non-hydrogen) atoms. The molecule has 0 radical (unpaired) electrons. The molecule has 0 aliphatic heterocycles. The normalized spacial score (nSPS) is 14.2. The molecule has 0 amide bonds. The average molecular weight is 293 g/mol. The van der Waals surface area contributed by atoms with Crippen LogP contribution in [0.4, 0.5) is 0 Å². The quantitative estimate of drug-likeness (QED) is 0.876. The standard InChI is InChI=1S/C11H17BrO2S/c1-3-11(14,4-2)10(13)6-9-5-8(12)7-15-9/h5,7,10,13-14H,3-4,6H2,1-2H3. The van der Waals surface area contributed by atoms with Gasteiger partial charge in [0, 0.05) is 21.2 Å². The molecule has 0 spiro atoms. The van der Waals surface area contributed by atoms with Crippen LogP contribution in [-0.2, 0) is 6.42 Å². The Morgan fingerprint density at radius 3 is 2.47 bits per heavy atom. The molecule has 0 fully saturated rings. The lowest BCUT2D eigenvalue weighted by molar-refractivity contribution is -0.0787. The summed E-state index contributed by atoms with van der Waals surface area (Å²) in [4.78, 5) is 1.09. The first-order valence-electron chi connectivity index (χ1n) is 5.15. The Morgan fingerprint density at radius 2 is 2.07 bits per heavy atom. The molecule has 0 saturated heterocycles. The van der Waals surface area contributed by atoms with Crippen LogP contribution in [-0.4, -0.2) is 21.9 Å². The van der Waals surface area contributed by atoms with Gasteiger partial charge in [-0.15, -0.1) is 11.3 Å². The van der Waals surface area contributed by atoms with Crippen LogP contribution in [0.25, 0.3) is 0 Å². The zero-order chi connectivity index (χ0) is 11.5. The lowest BCUT2D eigenvalue weighted by Crippen LogP contribution is -2.42. The van der Waals surface area contributed by atoms with Gasteiger partial charge < -0.3 is 10.2 Å². The van der Waals surface area contributed by atoms with Crippen LogP contribution in [0.5, 0.6) is 0 Å². The highest BCUT2D eigenvalue weighted by Gasteiger charge is 2.31. The van der Waals surface area contributed by atoms with Gasteiger partial charge in [0.05, 0.1) is 11.7 Å². The topological polar surface area (TPSA) is 40.5 Å². The number of thiophene rings is 1. The van der Waals surface area contributed by atoms with Crippen LogP contribution in [0.15, 0.2) is 15.9 Å². The first-order valence-corrected chi connectivity index (χ1v) is 6.82. The van der Waals surface area contributed by atoms with Crippen molar-refractivity contribution in [3.05, 3.63) is 20.8 Å². The molecule has 1 aromatic rings. The Kier molecular flexibility index (Phi) is 4.77. The van der Waals surface area contributed by atoms with Crippen LogP contribution >= 0.6 is 27.3 Å². The monoisotopic (exact) mass is 292 g/mol. The Bertz CT molecular complexity index is 307. The Hall–Kier alpha value is 0.1000. The van der Waals surface area contributed by atoms with Gasteiger partial charge in [-0.25, -0.2) is 0 Å². The van der Waals surface area contributed by atoms with Crippen molar-refractivity contribution in [3.63, 3.8) is 0 Å². The molecule has 4 heteroatoms. The zero-order valence-corrected chi connectivity index (χ0v) is 11.4. The molecule has 2 N–H and O–H groups in total. The fraction of sp³-hybridized carbons (Fsp3) is 0.636. The summed E-state index contributed by atoms with van der Waals surface area (Å²) < 4.78 is 1.03. The minimum absolute atomic E-state index is 0.522. The van der Waals surface area contributed by atoms with E-state index < -0.39 is 11.7 Å². The molecule has 0 bridgehead atoms. The molecule has 1 atom stereocenters. The average Bonchev–Trinajstić information content (AvgIpc) is 2.62. The maximum atomic E-state index is 10.1. The van der Waals surface area contributed by atoms with E-state index in [1.807, 2.05) is 25.3 Å². The van der Waals surface area contributed by atoms with E-state index in [-0.39, 0.29) is 0 Å². The summed E-state index contributed by atoms with van der Waals surface area (Å²) in [7, 11) is 0. The fourth-order valence-electron chi connectivity index (χ4n) is 1.56. The third kappa shape index (κ3) is 3.28. The third-order valence-electron chi connectivity index (χ3n) is 2.86. The largest absolute Gasteiger partial charge is 0.390 e. The summed E-state index contributed by atoms with van der Waals surface area (Å²) in [5.41, 5.74) is -0.948. The molecular formula is C11H17BrO2S. The number of hydrogen-bond donors (Lipinski definition) is 2. The van der Waals surface area contributed by atoms with Gasteiger partial charge in [0.25, 0.3) is 0 Å². The highest BCUT2D eigenvalue weighted by molar-refractivity contribution is 9.10. The molecule has 1 aromatic heterocycles. The second kappa shape index (κ2) is 5.43. The van der Waals surface area contributed by atoms with Crippen LogP contribution < -0.4 is 0 Å². The van der Waals surface area contributed by atoms with Crippen molar-refractivity contribution in [1.82, 2.24) is 0 Å². The van der Waals surface area contributed by atoms with Crippen molar-refractivity contribution in [2.75, 3.05) is 0 Å². The van der Waals surface area contributed by atoms with Gasteiger partial charge in [0.2, 0.25) is 0 Å². The number of halogens is 1. The molecule has 1 unspecified atom stereocenters. The number of hydrogen-bond acceptors (Lipinski definition) is 3. The number of aliphatic hydroxyl groups is 2. The molecular weight excluding hydrogens is 276 g/mol. The Balaban J connectivity index is 2.65. The summed E-state index contributed by atoms with van der Waals surface area (Å²) >= 11 is 4.97. The first-order chi connectivity index (χ1) is 7.01. The summed E-state index contributed by atoms with van der Waals surface area (Å²) in [6.45, 7) is 3.80. The van der Waals surface area contributed by atoms with E-state index in [4.69, 9.17) is 0 Å². The summed E-state index contributed by atoms with van der Waals surface area (Å²) in [5.74, 6) is 0. The smallest absolute Gasteiger partial charge is 0.0903 e. The van der Waals surface area contributed by atoms with E-state index >= 15 is 0 Å². The molecule has 0 saturated carbocycles. The van der Waals surface area contributed by atoms with Gasteiger partial charge >= 0.3 is 0 Å². The van der Waals surface area contributed by atoms with Gasteiger partial charge in [0.1, 0.15) is 0 Å². The molecule has 1 heterocycles. The van der Waals surface area contributed by atoms with Crippen molar-refractivity contribution in [2.24, 2.45) is 0 Å². The number of rotatable bonds is 5. The van der Waals surface area contributed by atoms with Crippen molar-refractivity contribution >= 4 is 27.3 Å². The van der Waals surface area contributed by atoms with Crippen molar-refractivity contribution in [1.29, 1.82) is 0 Å². The Morgan fingerprint density at radius 1 is 1.47 bits per heavy atom. The summed E-state index contributed by atoms with van der Waals surface area (Å²) in [6, 6.07) is 1.99. The van der Waals surface area contributed by atoms with Gasteiger partial charge in [-0.05, 0) is 34.8 Å². The van der Waals surface area contributed by atoms with E-state index in [0.29, 0.717) is 19.3 Å². The SMILES string of the molecule is CCC(O)(CC)C(O)Cc1cc(Br)cs1. The highest BCUT2D eigenvalue weighted by atomic mass is 79.9. The van der Waals surface area contributed by atoms with Gasteiger partial charge in [-0.3, -0.25) is 0 Å². The van der Waals surface area contributed by atoms with E-state index in [1.54, 1.807) is 11.3 Å². The van der Waals surface area contributed by atoms with Gasteiger partial charge in [-0.2, -0.15) is 0 Å². The molecule has 2 nitrogen and oxygen atoms in total. The lowest BCUT2D eigenvalue weighted by atomic mass is 9.88. The molecule has 86 valence electrons. The predicted octanol–water partition coefficient (Wildman–Crippen LogP) is 2.97. The minimum Gasteiger partial charge on any atom is -0.390 e. The summed E-state index contributed by atoms with van der Waals surface area (Å²) in [5, 5.41) is 22.1. The maximum Gasteiger partial charge on any atom is 0.0903 e. The van der Waals surface area contributed by atoms with Crippen molar-refractivity contribution in [2.45, 2.75) is 44.8 Å². The lowest BCUT2D eigenvalue weighted by Gasteiger charge is -2.30. The molecule has 0 aliphatic rings. The van der Waals surface area contributed by atoms with Gasteiger partial charge in [-0.1, -0.05) is 13.8 Å². The number of aliphatic hydroxyl groups excluding tert-OH is 1. The van der Waals surface area contributed by atoms with Crippen molar-refractivity contribution < 1.29 is 10.2 Å². The maximum absolute atomic E-state index is 10.1. The highest BCUT2D eigenvalue weighted by Crippen LogP contribution is 2.26. The van der Waals surface area contributed by atoms with Gasteiger partial charge in [0.15, 0.2) is 0 Å². The van der Waals surface area contributed by atoms with E-state index in [0.717, 1.165) is 9.35 Å². The van der Waals surface area contributed by atoms with Crippen LogP contribution in [0.2, 0.25) is 0 Å². The fourth-order valence-corrected chi connectivity index (χ4v) is 3.05. The molecule has 0 aromatic carbocycles. The second-order valence-electron chi connectivity index (χ2n) is 3.76. The summed E-state index contributed by atoms with van der Waals surface area (Å²) in [6.07, 6.45) is 1.00.